The summed E-state index contributed by atoms with van der Waals surface area (Å²) in [5.41, 5.74) is 2.38. The average Bonchev–Trinajstić information content (AvgIpc) is 3.02. The molecule has 1 aromatic rings. The number of allylic oxidation sites excluding steroid dienone is 3. The maximum atomic E-state index is 4.48. The molecule has 0 atom stereocenters. The Balaban J connectivity index is 0.000000142. The van der Waals surface area contributed by atoms with Gasteiger partial charge in [0.25, 0.3) is 0 Å². The van der Waals surface area contributed by atoms with Crippen LogP contribution in [0.2, 0.25) is 0 Å². The third-order valence-corrected chi connectivity index (χ3v) is 3.44. The normalized spacial score (nSPS) is 19.3. The van der Waals surface area contributed by atoms with Crippen LogP contribution in [0, 0.1) is 0 Å². The quantitative estimate of drug-likeness (QED) is 0.731. The summed E-state index contributed by atoms with van der Waals surface area (Å²) >= 11 is 0. The van der Waals surface area contributed by atoms with Gasteiger partial charge in [-0.05, 0) is 38.1 Å². The van der Waals surface area contributed by atoms with Crippen molar-refractivity contribution in [3.05, 3.63) is 58.8 Å². The maximum Gasteiger partial charge on any atom is 0.0716 e. The highest BCUT2D eigenvalue weighted by molar-refractivity contribution is 5.78. The van der Waals surface area contributed by atoms with Gasteiger partial charge in [0, 0.05) is 10.8 Å². The summed E-state index contributed by atoms with van der Waals surface area (Å²) in [5.74, 6) is 0. The van der Waals surface area contributed by atoms with Gasteiger partial charge in [0.2, 0.25) is 0 Å². The van der Waals surface area contributed by atoms with Crippen molar-refractivity contribution in [2.45, 2.75) is 19.3 Å². The minimum atomic E-state index is 1.10. The second-order valence-corrected chi connectivity index (χ2v) is 4.76. The lowest BCUT2D eigenvalue weighted by Gasteiger charge is -2.08. The zero-order valence-electron chi connectivity index (χ0n) is 10.5. The van der Waals surface area contributed by atoms with Crippen molar-refractivity contribution in [3.63, 3.8) is 0 Å². The van der Waals surface area contributed by atoms with E-state index in [-0.39, 0.29) is 0 Å². The number of nitrogens with zero attached hydrogens (tertiary/aromatic N) is 1. The van der Waals surface area contributed by atoms with Gasteiger partial charge < -0.3 is 5.32 Å². The number of rotatable bonds is 0. The monoisotopic (exact) mass is 238 g/mol. The van der Waals surface area contributed by atoms with E-state index in [1.54, 1.807) is 0 Å². The summed E-state index contributed by atoms with van der Waals surface area (Å²) in [6.07, 6.45) is 10.4. The lowest BCUT2D eigenvalue weighted by atomic mass is 10.2. The number of nitrogens with one attached hydrogen (secondary N) is 1. The summed E-state index contributed by atoms with van der Waals surface area (Å²) < 4.78 is 0. The Bertz CT molecular complexity index is 593. The second kappa shape index (κ2) is 5.32. The van der Waals surface area contributed by atoms with E-state index in [4.69, 9.17) is 0 Å². The number of fused-ring (bicyclic) bond motifs is 2. The van der Waals surface area contributed by atoms with Crippen LogP contribution < -0.4 is 15.9 Å². The molecule has 2 nitrogen and oxygen atoms in total. The molecular weight excluding hydrogens is 220 g/mol. The van der Waals surface area contributed by atoms with Crippen LogP contribution in [-0.2, 0) is 0 Å². The van der Waals surface area contributed by atoms with E-state index in [1.165, 1.54) is 43.1 Å². The zero-order chi connectivity index (χ0) is 12.2. The lowest BCUT2D eigenvalue weighted by molar-refractivity contribution is 0.520. The molecule has 0 saturated carbocycles. The fourth-order valence-electron chi connectivity index (χ4n) is 2.47. The number of piperidine rings is 1. The van der Waals surface area contributed by atoms with Crippen LogP contribution in [0.25, 0.3) is 5.57 Å². The third-order valence-electron chi connectivity index (χ3n) is 3.44. The van der Waals surface area contributed by atoms with Crippen LogP contribution >= 0.6 is 0 Å². The predicted molar refractivity (Wildman–Crippen MR) is 74.6 cm³/mol. The molecule has 0 aromatic heterocycles. The Morgan fingerprint density at radius 1 is 1.00 bits per heavy atom. The Kier molecular flexibility index (Phi) is 3.37. The Labute approximate surface area is 107 Å². The Morgan fingerprint density at radius 3 is 2.56 bits per heavy atom. The molecule has 0 spiro atoms. The molecule has 2 heterocycles. The standard InChI is InChI=1S/C11H7N.C5H11N/c1-2-6-10-8(4-1)9-5-3-7-11(9)12-10;1-2-4-6-5-3-1/h1-7H;6H,1-5H2. The summed E-state index contributed by atoms with van der Waals surface area (Å²) in [6.45, 7) is 2.50. The number of para-hydroxylation sites is 1. The molecule has 0 amide bonds. The highest BCUT2D eigenvalue weighted by Crippen LogP contribution is 2.20. The van der Waals surface area contributed by atoms with Gasteiger partial charge in [-0.15, -0.1) is 0 Å². The van der Waals surface area contributed by atoms with E-state index in [0.29, 0.717) is 0 Å². The van der Waals surface area contributed by atoms with Crippen molar-refractivity contribution in [1.29, 1.82) is 0 Å². The SMILES string of the molecule is C1=CC2=c3ccccc3=NC2=C1.C1CCNCC1. The molecule has 18 heavy (non-hydrogen) atoms. The zero-order valence-corrected chi connectivity index (χ0v) is 10.5. The van der Waals surface area contributed by atoms with Crippen LogP contribution in [0.4, 0.5) is 0 Å². The molecule has 1 fully saturated rings. The van der Waals surface area contributed by atoms with Gasteiger partial charge in [-0.2, -0.15) is 0 Å². The van der Waals surface area contributed by atoms with Gasteiger partial charge in [-0.1, -0.05) is 36.8 Å². The van der Waals surface area contributed by atoms with Crippen molar-refractivity contribution < 1.29 is 0 Å². The van der Waals surface area contributed by atoms with Crippen molar-refractivity contribution >= 4 is 5.57 Å². The van der Waals surface area contributed by atoms with Crippen molar-refractivity contribution in [3.8, 4) is 0 Å². The van der Waals surface area contributed by atoms with Crippen LogP contribution in [-0.4, -0.2) is 13.1 Å². The average molecular weight is 238 g/mol. The summed E-state index contributed by atoms with van der Waals surface area (Å²) in [5, 5.41) is 5.65. The molecule has 3 aliphatic rings. The third kappa shape index (κ3) is 2.29. The molecule has 0 unspecified atom stereocenters. The first-order valence-electron chi connectivity index (χ1n) is 6.73. The molecular formula is C16H18N2. The molecule has 1 aliphatic carbocycles. The predicted octanol–water partition coefficient (Wildman–Crippen LogP) is 1.68. The van der Waals surface area contributed by atoms with Crippen molar-refractivity contribution in [2.24, 2.45) is 4.99 Å². The smallest absolute Gasteiger partial charge is 0.0716 e. The highest BCUT2D eigenvalue weighted by Gasteiger charge is 2.11. The first kappa shape index (κ1) is 11.4. The van der Waals surface area contributed by atoms with Crippen molar-refractivity contribution in [1.82, 2.24) is 5.32 Å². The van der Waals surface area contributed by atoms with Crippen LogP contribution in [0.1, 0.15) is 19.3 Å². The van der Waals surface area contributed by atoms with Gasteiger partial charge in [-0.25, -0.2) is 4.99 Å². The fourth-order valence-corrected chi connectivity index (χ4v) is 2.47. The molecule has 0 radical (unpaired) electrons. The maximum absolute atomic E-state index is 4.48. The lowest BCUT2D eigenvalue weighted by Crippen LogP contribution is -2.21. The first-order valence-corrected chi connectivity index (χ1v) is 6.73. The highest BCUT2D eigenvalue weighted by atomic mass is 14.9. The number of benzene rings is 1. The molecule has 1 aromatic carbocycles. The molecule has 0 bridgehead atoms. The van der Waals surface area contributed by atoms with Crippen LogP contribution in [0.3, 0.4) is 0 Å². The van der Waals surface area contributed by atoms with Crippen LogP contribution in [0.15, 0.2) is 53.2 Å². The molecule has 92 valence electrons. The van der Waals surface area contributed by atoms with Gasteiger partial charge in [0.05, 0.1) is 11.1 Å². The molecule has 1 N–H and O–H groups in total. The van der Waals surface area contributed by atoms with Gasteiger partial charge in [0.15, 0.2) is 0 Å². The topological polar surface area (TPSA) is 24.4 Å². The minimum absolute atomic E-state index is 1.10. The second-order valence-electron chi connectivity index (χ2n) is 4.76. The van der Waals surface area contributed by atoms with E-state index in [9.17, 15) is 0 Å². The van der Waals surface area contributed by atoms with Gasteiger partial charge in [-0.3, -0.25) is 0 Å². The van der Waals surface area contributed by atoms with E-state index >= 15 is 0 Å². The summed E-state index contributed by atoms with van der Waals surface area (Å²) in [4.78, 5) is 4.48. The van der Waals surface area contributed by atoms with E-state index in [2.05, 4.69) is 40.7 Å². The number of hydrogen-bond acceptors (Lipinski definition) is 2. The van der Waals surface area contributed by atoms with Crippen molar-refractivity contribution in [2.75, 3.05) is 13.1 Å². The van der Waals surface area contributed by atoms with E-state index in [1.807, 2.05) is 12.1 Å². The van der Waals surface area contributed by atoms with Gasteiger partial charge in [0.1, 0.15) is 0 Å². The Morgan fingerprint density at radius 2 is 1.83 bits per heavy atom. The van der Waals surface area contributed by atoms with Crippen LogP contribution in [0.5, 0.6) is 0 Å². The minimum Gasteiger partial charge on any atom is -0.317 e. The molecule has 2 heteroatoms. The molecule has 4 rings (SSSR count). The Hall–Kier alpha value is -1.67. The summed E-state index contributed by atoms with van der Waals surface area (Å²) in [6, 6.07) is 8.24. The largest absolute Gasteiger partial charge is 0.317 e. The molecule has 2 aliphatic heterocycles. The number of hydrogen-bond donors (Lipinski definition) is 1. The van der Waals surface area contributed by atoms with E-state index < -0.39 is 0 Å². The first-order chi connectivity index (χ1) is 8.95. The fraction of sp³-hybridized carbons (Fsp3) is 0.312. The van der Waals surface area contributed by atoms with E-state index in [0.717, 1.165) is 11.1 Å². The summed E-state index contributed by atoms with van der Waals surface area (Å²) in [7, 11) is 0. The molecule has 1 saturated heterocycles. The van der Waals surface area contributed by atoms with Gasteiger partial charge >= 0.3 is 0 Å².